The summed E-state index contributed by atoms with van der Waals surface area (Å²) in [4.78, 5) is 14.8. The Kier molecular flexibility index (Phi) is 4.53. The quantitative estimate of drug-likeness (QED) is 0.860. The van der Waals surface area contributed by atoms with E-state index in [-0.39, 0.29) is 5.91 Å². The number of amides is 1. The summed E-state index contributed by atoms with van der Waals surface area (Å²) >= 11 is 0. The molecule has 20 heavy (non-hydrogen) atoms. The number of nitrogens with two attached hydrogens (primary N) is 1. The summed E-state index contributed by atoms with van der Waals surface area (Å²) in [5.41, 5.74) is 7.03. The van der Waals surface area contributed by atoms with E-state index in [2.05, 4.69) is 13.8 Å². The Morgan fingerprint density at radius 2 is 2.25 bits per heavy atom. The molecule has 2 rings (SSSR count). The molecule has 4 heteroatoms. The third kappa shape index (κ3) is 2.74. The van der Waals surface area contributed by atoms with E-state index in [1.165, 1.54) is 0 Å². The number of benzene rings is 1. The maximum absolute atomic E-state index is 12.8. The molecule has 0 aliphatic carbocycles. The molecule has 0 spiro atoms. The van der Waals surface area contributed by atoms with Gasteiger partial charge in [-0.05, 0) is 37.8 Å². The molecule has 0 radical (unpaired) electrons. The number of ether oxygens (including phenoxy) is 1. The Labute approximate surface area is 120 Å². The van der Waals surface area contributed by atoms with Crippen molar-refractivity contribution < 1.29 is 9.53 Å². The van der Waals surface area contributed by atoms with Crippen LogP contribution in [-0.2, 0) is 0 Å². The van der Waals surface area contributed by atoms with Crippen LogP contribution in [-0.4, -0.2) is 30.0 Å². The van der Waals surface area contributed by atoms with E-state index < -0.39 is 0 Å². The molecule has 2 N–H and O–H groups in total. The summed E-state index contributed by atoms with van der Waals surface area (Å²) in [5, 5.41) is 0. The molecule has 4 nitrogen and oxygen atoms in total. The van der Waals surface area contributed by atoms with Crippen molar-refractivity contribution in [1.29, 1.82) is 0 Å². The van der Waals surface area contributed by atoms with E-state index in [1.54, 1.807) is 6.07 Å². The van der Waals surface area contributed by atoms with Crippen molar-refractivity contribution >= 4 is 11.6 Å². The molecule has 110 valence electrons. The van der Waals surface area contributed by atoms with Gasteiger partial charge < -0.3 is 15.4 Å². The summed E-state index contributed by atoms with van der Waals surface area (Å²) in [6.45, 7) is 7.56. The Morgan fingerprint density at radius 3 is 2.90 bits per heavy atom. The minimum Gasteiger partial charge on any atom is -0.493 e. The summed E-state index contributed by atoms with van der Waals surface area (Å²) in [6.07, 6.45) is 2.13. The lowest BCUT2D eigenvalue weighted by molar-refractivity contribution is 0.0698. The first-order chi connectivity index (χ1) is 9.56. The van der Waals surface area contributed by atoms with Gasteiger partial charge in [-0.3, -0.25) is 4.79 Å². The summed E-state index contributed by atoms with van der Waals surface area (Å²) in [5.74, 6) is 1.05. The van der Waals surface area contributed by atoms with Crippen LogP contribution in [0.2, 0.25) is 0 Å². The molecule has 1 aromatic carbocycles. The topological polar surface area (TPSA) is 55.6 Å². The highest BCUT2D eigenvalue weighted by molar-refractivity contribution is 6.02. The second-order valence-corrected chi connectivity index (χ2v) is 5.61. The van der Waals surface area contributed by atoms with E-state index in [9.17, 15) is 4.79 Å². The van der Waals surface area contributed by atoms with Gasteiger partial charge in [-0.1, -0.05) is 19.9 Å². The van der Waals surface area contributed by atoms with E-state index in [4.69, 9.17) is 10.5 Å². The van der Waals surface area contributed by atoms with Crippen molar-refractivity contribution in [2.45, 2.75) is 39.7 Å². The van der Waals surface area contributed by atoms with Gasteiger partial charge in [0.1, 0.15) is 11.3 Å². The first-order valence-corrected chi connectivity index (χ1v) is 7.38. The number of anilines is 1. The molecule has 1 aromatic rings. The van der Waals surface area contributed by atoms with E-state index in [1.807, 2.05) is 24.0 Å². The first kappa shape index (κ1) is 14.7. The van der Waals surface area contributed by atoms with Gasteiger partial charge in [0, 0.05) is 18.3 Å². The van der Waals surface area contributed by atoms with Gasteiger partial charge >= 0.3 is 0 Å². The van der Waals surface area contributed by atoms with Crippen molar-refractivity contribution in [2.24, 2.45) is 5.92 Å². The highest BCUT2D eigenvalue weighted by atomic mass is 16.5. The van der Waals surface area contributed by atoms with Gasteiger partial charge in [-0.15, -0.1) is 0 Å². The summed E-state index contributed by atoms with van der Waals surface area (Å²) < 4.78 is 5.57. The fourth-order valence-electron chi connectivity index (χ4n) is 2.93. The van der Waals surface area contributed by atoms with Crippen molar-refractivity contribution in [3.05, 3.63) is 23.8 Å². The van der Waals surface area contributed by atoms with E-state index in [0.717, 1.165) is 19.4 Å². The van der Waals surface area contributed by atoms with Crippen molar-refractivity contribution in [3.8, 4) is 5.75 Å². The molecule has 1 unspecified atom stereocenters. The summed E-state index contributed by atoms with van der Waals surface area (Å²) in [6, 6.07) is 5.70. The largest absolute Gasteiger partial charge is 0.493 e. The monoisotopic (exact) mass is 276 g/mol. The molecule has 1 saturated heterocycles. The Balaban J connectivity index is 2.33. The lowest BCUT2D eigenvalue weighted by Crippen LogP contribution is -2.39. The number of nitrogens with zero attached hydrogens (tertiary/aromatic N) is 1. The molecular formula is C16H24N2O2. The predicted octanol–water partition coefficient (Wildman–Crippen LogP) is 2.93. The molecule has 1 aliphatic heterocycles. The van der Waals surface area contributed by atoms with Crippen molar-refractivity contribution in [2.75, 3.05) is 18.9 Å². The number of hydrogen-bond acceptors (Lipinski definition) is 3. The fraction of sp³-hybridized carbons (Fsp3) is 0.562. The number of hydrogen-bond donors (Lipinski definition) is 1. The van der Waals surface area contributed by atoms with Crippen LogP contribution in [0.15, 0.2) is 18.2 Å². The van der Waals surface area contributed by atoms with Gasteiger partial charge in [0.25, 0.3) is 5.91 Å². The zero-order chi connectivity index (χ0) is 14.7. The molecule has 1 aliphatic rings. The maximum Gasteiger partial charge on any atom is 0.259 e. The number of carbonyl (C=O) groups is 1. The molecular weight excluding hydrogens is 252 g/mol. The lowest BCUT2D eigenvalue weighted by atomic mass is 10.0. The van der Waals surface area contributed by atoms with Crippen LogP contribution in [0, 0.1) is 5.92 Å². The minimum atomic E-state index is 0.00255. The third-order valence-corrected chi connectivity index (χ3v) is 3.90. The van der Waals surface area contributed by atoms with Crippen LogP contribution in [0.1, 0.15) is 44.0 Å². The van der Waals surface area contributed by atoms with E-state index in [0.29, 0.717) is 35.6 Å². The molecule has 1 amide bonds. The van der Waals surface area contributed by atoms with Gasteiger partial charge in [0.05, 0.1) is 6.61 Å². The van der Waals surface area contributed by atoms with Crippen molar-refractivity contribution in [3.63, 3.8) is 0 Å². The van der Waals surface area contributed by atoms with E-state index >= 15 is 0 Å². The second kappa shape index (κ2) is 6.16. The van der Waals surface area contributed by atoms with Gasteiger partial charge in [-0.2, -0.15) is 0 Å². The maximum atomic E-state index is 12.8. The first-order valence-electron chi connectivity index (χ1n) is 7.38. The Morgan fingerprint density at radius 1 is 1.50 bits per heavy atom. The zero-order valence-electron chi connectivity index (χ0n) is 12.6. The van der Waals surface area contributed by atoms with Crippen molar-refractivity contribution in [1.82, 2.24) is 4.90 Å². The SMILES string of the molecule is CCOc1cccc(N)c1C(=O)N1CCCC1C(C)C. The van der Waals surface area contributed by atoms with Crippen LogP contribution in [0.5, 0.6) is 5.75 Å². The highest BCUT2D eigenvalue weighted by Crippen LogP contribution is 2.31. The van der Waals surface area contributed by atoms with Crippen LogP contribution >= 0.6 is 0 Å². The second-order valence-electron chi connectivity index (χ2n) is 5.61. The fourth-order valence-corrected chi connectivity index (χ4v) is 2.93. The molecule has 1 fully saturated rings. The number of likely N-dealkylation sites (tertiary alicyclic amines) is 1. The molecule has 0 bridgehead atoms. The Hall–Kier alpha value is -1.71. The van der Waals surface area contributed by atoms with Gasteiger partial charge in [0.15, 0.2) is 0 Å². The van der Waals surface area contributed by atoms with Crippen LogP contribution < -0.4 is 10.5 Å². The zero-order valence-corrected chi connectivity index (χ0v) is 12.6. The average molecular weight is 276 g/mol. The van der Waals surface area contributed by atoms with Gasteiger partial charge in [-0.25, -0.2) is 0 Å². The number of carbonyl (C=O) groups excluding carboxylic acids is 1. The number of rotatable bonds is 4. The lowest BCUT2D eigenvalue weighted by Gasteiger charge is -2.28. The normalized spacial score (nSPS) is 18.6. The van der Waals surface area contributed by atoms with Gasteiger partial charge in [0.2, 0.25) is 0 Å². The number of nitrogen functional groups attached to an aromatic ring is 1. The minimum absolute atomic E-state index is 0.00255. The average Bonchev–Trinajstić information content (AvgIpc) is 2.88. The molecule has 0 aromatic heterocycles. The smallest absolute Gasteiger partial charge is 0.259 e. The summed E-state index contributed by atoms with van der Waals surface area (Å²) in [7, 11) is 0. The Bertz CT molecular complexity index is 485. The molecule has 1 heterocycles. The molecule has 1 atom stereocenters. The van der Waals surface area contributed by atoms with Crippen LogP contribution in [0.4, 0.5) is 5.69 Å². The van der Waals surface area contributed by atoms with Crippen LogP contribution in [0.3, 0.4) is 0 Å². The highest BCUT2D eigenvalue weighted by Gasteiger charge is 2.33. The standard InChI is InChI=1S/C16H24N2O2/c1-4-20-14-9-5-7-12(17)15(14)16(19)18-10-6-8-13(18)11(2)3/h5,7,9,11,13H,4,6,8,10,17H2,1-3H3. The predicted molar refractivity (Wildman–Crippen MR) is 80.9 cm³/mol. The van der Waals surface area contributed by atoms with Crippen LogP contribution in [0.25, 0.3) is 0 Å². The molecule has 0 saturated carbocycles. The third-order valence-electron chi connectivity index (χ3n) is 3.90.